The van der Waals surface area contributed by atoms with Crippen molar-refractivity contribution in [3.63, 3.8) is 0 Å². The Hall–Kier alpha value is -2.62. The van der Waals surface area contributed by atoms with Gasteiger partial charge in [0, 0.05) is 29.4 Å². The Balaban J connectivity index is 1.33. The van der Waals surface area contributed by atoms with E-state index >= 15 is 4.39 Å². The minimum absolute atomic E-state index is 0.271. The molecule has 10 heteroatoms. The van der Waals surface area contributed by atoms with Gasteiger partial charge in [0.15, 0.2) is 0 Å². The van der Waals surface area contributed by atoms with Gasteiger partial charge in [0.05, 0.1) is 30.3 Å². The first kappa shape index (κ1) is 20.3. The summed E-state index contributed by atoms with van der Waals surface area (Å²) in [4.78, 5) is 17.3. The van der Waals surface area contributed by atoms with Crippen LogP contribution in [0.5, 0.6) is 0 Å². The molecule has 1 aromatic heterocycles. The molecule has 1 fully saturated rings. The van der Waals surface area contributed by atoms with E-state index in [4.69, 9.17) is 17.3 Å². The molecule has 6 N–H and O–H groups in total. The van der Waals surface area contributed by atoms with Gasteiger partial charge < -0.3 is 26.3 Å². The summed E-state index contributed by atoms with van der Waals surface area (Å²) in [6.07, 6.45) is 8.44. The molecule has 31 heavy (non-hydrogen) atoms. The van der Waals surface area contributed by atoms with Gasteiger partial charge >= 0.3 is 6.03 Å². The fraction of sp³-hybridized carbons (Fsp3) is 0.381. The van der Waals surface area contributed by atoms with Gasteiger partial charge in [0.1, 0.15) is 17.5 Å². The number of H-pyrrole nitrogens is 1. The van der Waals surface area contributed by atoms with E-state index in [1.54, 1.807) is 23.2 Å². The predicted molar refractivity (Wildman–Crippen MR) is 115 cm³/mol. The molecule has 0 spiro atoms. The van der Waals surface area contributed by atoms with Gasteiger partial charge in [-0.15, -0.1) is 11.6 Å². The number of fused-ring (bicyclic) bond motifs is 1. The molecular formula is C21H23ClF2N6O. The van der Waals surface area contributed by atoms with E-state index in [0.717, 1.165) is 17.0 Å². The molecule has 164 valence electrons. The summed E-state index contributed by atoms with van der Waals surface area (Å²) in [6, 6.07) is -0.948. The molecule has 3 heterocycles. The fourth-order valence-corrected chi connectivity index (χ4v) is 4.82. The van der Waals surface area contributed by atoms with E-state index in [2.05, 4.69) is 20.9 Å². The summed E-state index contributed by atoms with van der Waals surface area (Å²) in [6.45, 7) is 0.905. The zero-order valence-electron chi connectivity index (χ0n) is 16.6. The second kappa shape index (κ2) is 7.81. The average molecular weight is 449 g/mol. The summed E-state index contributed by atoms with van der Waals surface area (Å²) in [5.74, 6) is 0.0102. The second-order valence-corrected chi connectivity index (χ2v) is 8.61. The third-order valence-electron chi connectivity index (χ3n) is 6.22. The van der Waals surface area contributed by atoms with Crippen molar-refractivity contribution >= 4 is 29.0 Å². The minimum Gasteiger partial charge on any atom is -0.359 e. The summed E-state index contributed by atoms with van der Waals surface area (Å²) in [5, 5.41) is 8.43. The Kier molecular flexibility index (Phi) is 5.11. The number of hydrogen-bond donors (Lipinski definition) is 5. The van der Waals surface area contributed by atoms with Crippen LogP contribution in [0.15, 0.2) is 47.7 Å². The van der Waals surface area contributed by atoms with Gasteiger partial charge in [-0.25, -0.2) is 13.6 Å². The number of aromatic amines is 1. The van der Waals surface area contributed by atoms with Crippen LogP contribution < -0.4 is 21.7 Å². The number of amides is 2. The number of carbonyl (C=O) groups excluding carboxylic acids is 1. The monoisotopic (exact) mass is 448 g/mol. The third kappa shape index (κ3) is 3.56. The molecule has 4 unspecified atom stereocenters. The fourth-order valence-electron chi connectivity index (χ4n) is 4.57. The highest BCUT2D eigenvalue weighted by molar-refractivity contribution is 6.22. The van der Waals surface area contributed by atoms with E-state index in [9.17, 15) is 9.18 Å². The van der Waals surface area contributed by atoms with Crippen LogP contribution in [0.3, 0.4) is 0 Å². The average Bonchev–Trinajstić information content (AvgIpc) is 3.35. The van der Waals surface area contributed by atoms with Crippen molar-refractivity contribution in [2.45, 2.75) is 36.5 Å². The summed E-state index contributed by atoms with van der Waals surface area (Å²) < 4.78 is 28.7. The molecule has 0 radical (unpaired) electrons. The zero-order chi connectivity index (χ0) is 21.7. The first-order valence-electron chi connectivity index (χ1n) is 10.2. The Morgan fingerprint density at radius 3 is 2.87 bits per heavy atom. The van der Waals surface area contributed by atoms with Crippen LogP contribution in [-0.2, 0) is 0 Å². The van der Waals surface area contributed by atoms with Crippen molar-refractivity contribution in [1.29, 1.82) is 0 Å². The maximum atomic E-state index is 15.1. The first-order valence-corrected chi connectivity index (χ1v) is 10.7. The molecule has 2 aliphatic carbocycles. The van der Waals surface area contributed by atoms with E-state index in [0.29, 0.717) is 37.2 Å². The van der Waals surface area contributed by atoms with E-state index in [1.807, 2.05) is 0 Å². The lowest BCUT2D eigenvalue weighted by Crippen LogP contribution is -2.38. The quantitative estimate of drug-likeness (QED) is 0.459. The SMILES string of the molecule is NC1NCNc2[nH]cc(C3=CCC(N4CC(C5=CC=C(F)C(Cl)C5)NC4=O)C=C3F)c21. The van der Waals surface area contributed by atoms with Gasteiger partial charge in [-0.1, -0.05) is 12.2 Å². The van der Waals surface area contributed by atoms with Gasteiger partial charge in [-0.3, -0.25) is 5.32 Å². The summed E-state index contributed by atoms with van der Waals surface area (Å²) in [5.41, 5.74) is 8.97. The third-order valence-corrected chi connectivity index (χ3v) is 6.59. The number of carbonyl (C=O) groups is 1. The van der Waals surface area contributed by atoms with Crippen LogP contribution in [-0.4, -0.2) is 46.6 Å². The topological polar surface area (TPSA) is 98.2 Å². The molecule has 2 amide bonds. The van der Waals surface area contributed by atoms with Gasteiger partial charge in [-0.05, 0) is 30.6 Å². The molecule has 0 bridgehead atoms. The van der Waals surface area contributed by atoms with Crippen molar-refractivity contribution in [2.24, 2.45) is 5.73 Å². The van der Waals surface area contributed by atoms with Crippen molar-refractivity contribution in [2.75, 3.05) is 18.5 Å². The molecule has 1 saturated heterocycles. The van der Waals surface area contributed by atoms with Crippen LogP contribution in [0.2, 0.25) is 0 Å². The maximum Gasteiger partial charge on any atom is 0.318 e. The van der Waals surface area contributed by atoms with E-state index in [-0.39, 0.29) is 17.9 Å². The Morgan fingerprint density at radius 2 is 2.10 bits per heavy atom. The second-order valence-electron chi connectivity index (χ2n) is 8.08. The number of anilines is 1. The van der Waals surface area contributed by atoms with Crippen LogP contribution in [0.4, 0.5) is 19.4 Å². The molecule has 4 atom stereocenters. The van der Waals surface area contributed by atoms with Crippen molar-refractivity contribution in [3.05, 3.63) is 58.9 Å². The number of alkyl halides is 1. The lowest BCUT2D eigenvalue weighted by atomic mass is 9.93. The van der Waals surface area contributed by atoms with Crippen molar-refractivity contribution < 1.29 is 13.6 Å². The van der Waals surface area contributed by atoms with E-state index in [1.165, 1.54) is 12.2 Å². The van der Waals surface area contributed by atoms with Crippen LogP contribution in [0.1, 0.15) is 30.1 Å². The molecule has 7 nitrogen and oxygen atoms in total. The van der Waals surface area contributed by atoms with Gasteiger partial charge in [0.25, 0.3) is 0 Å². The molecule has 0 saturated carbocycles. The van der Waals surface area contributed by atoms with Crippen molar-refractivity contribution in [1.82, 2.24) is 20.5 Å². The highest BCUT2D eigenvalue weighted by Crippen LogP contribution is 2.38. The molecular weight excluding hydrogens is 426 g/mol. The molecule has 0 aromatic carbocycles. The largest absolute Gasteiger partial charge is 0.359 e. The number of halogens is 3. The number of nitrogens with zero attached hydrogens (tertiary/aromatic N) is 1. The number of allylic oxidation sites excluding steroid dienone is 5. The number of urea groups is 1. The van der Waals surface area contributed by atoms with Crippen LogP contribution in [0, 0.1) is 0 Å². The number of hydrogen-bond acceptors (Lipinski definition) is 4. The summed E-state index contributed by atoms with van der Waals surface area (Å²) in [7, 11) is 0. The predicted octanol–water partition coefficient (Wildman–Crippen LogP) is 3.14. The number of nitrogens with two attached hydrogens (primary N) is 1. The lowest BCUT2D eigenvalue weighted by molar-refractivity contribution is 0.207. The Labute approximate surface area is 183 Å². The normalized spacial score (nSPS) is 30.6. The summed E-state index contributed by atoms with van der Waals surface area (Å²) >= 11 is 6.01. The number of nitrogens with one attached hydrogen (secondary N) is 4. The Bertz CT molecular complexity index is 1040. The standard InChI is InChI=1S/C21H23ClF2N6O/c22-14-5-10(1-4-15(14)23)17-8-30(21(31)29-17)11-2-3-12(16(24)6-11)13-7-26-20-18(13)19(25)27-9-28-20/h1,3-4,6-7,11,14,17,19,26-28H,2,5,8-9,25H2,(H,29,31). The molecule has 5 rings (SSSR count). The van der Waals surface area contributed by atoms with Crippen molar-refractivity contribution in [3.8, 4) is 0 Å². The maximum absolute atomic E-state index is 15.1. The number of aromatic nitrogens is 1. The molecule has 2 aliphatic heterocycles. The highest BCUT2D eigenvalue weighted by Gasteiger charge is 2.37. The number of rotatable bonds is 3. The lowest BCUT2D eigenvalue weighted by Gasteiger charge is -2.28. The van der Waals surface area contributed by atoms with Crippen LogP contribution in [0.25, 0.3) is 5.57 Å². The van der Waals surface area contributed by atoms with Gasteiger partial charge in [-0.2, -0.15) is 0 Å². The van der Waals surface area contributed by atoms with Crippen LogP contribution >= 0.6 is 11.6 Å². The van der Waals surface area contributed by atoms with E-state index < -0.39 is 23.4 Å². The first-order chi connectivity index (χ1) is 14.9. The van der Waals surface area contributed by atoms with Gasteiger partial charge in [0.2, 0.25) is 0 Å². The molecule has 4 aliphatic rings. The molecule has 1 aromatic rings. The smallest absolute Gasteiger partial charge is 0.318 e. The highest BCUT2D eigenvalue weighted by atomic mass is 35.5. The zero-order valence-corrected chi connectivity index (χ0v) is 17.3. The minimum atomic E-state index is -0.717. The Morgan fingerprint density at radius 1 is 1.26 bits per heavy atom.